The summed E-state index contributed by atoms with van der Waals surface area (Å²) in [5.41, 5.74) is 6.54. The number of rotatable bonds is 4. The van der Waals surface area contributed by atoms with Crippen LogP contribution < -0.4 is 14.8 Å². The van der Waals surface area contributed by atoms with E-state index in [9.17, 15) is 0 Å². The summed E-state index contributed by atoms with van der Waals surface area (Å²) >= 11 is 1.73. The second-order valence-corrected chi connectivity index (χ2v) is 9.31. The number of methoxy groups -OCH3 is 1. The highest BCUT2D eigenvalue weighted by molar-refractivity contribution is 7.98. The fourth-order valence-corrected chi connectivity index (χ4v) is 5.15. The quantitative estimate of drug-likeness (QED) is 0.378. The van der Waals surface area contributed by atoms with Gasteiger partial charge in [-0.15, -0.1) is 11.8 Å². The van der Waals surface area contributed by atoms with Gasteiger partial charge in [0.05, 0.1) is 12.8 Å². The Balaban J connectivity index is 1.59. The van der Waals surface area contributed by atoms with E-state index in [0.29, 0.717) is 5.95 Å². The van der Waals surface area contributed by atoms with E-state index < -0.39 is 0 Å². The number of nitrogens with one attached hydrogen (secondary N) is 1. The zero-order valence-corrected chi connectivity index (χ0v) is 20.0. The first-order valence-electron chi connectivity index (χ1n) is 11.1. The van der Waals surface area contributed by atoms with Crippen LogP contribution in [0, 0.1) is 6.92 Å². The molecule has 0 spiro atoms. The number of aromatic nitrogens is 3. The Morgan fingerprint density at radius 2 is 1.76 bits per heavy atom. The third-order valence-corrected chi connectivity index (χ3v) is 7.16. The van der Waals surface area contributed by atoms with Crippen LogP contribution in [-0.4, -0.2) is 28.1 Å². The van der Waals surface area contributed by atoms with Gasteiger partial charge in [-0.05, 0) is 60.7 Å². The van der Waals surface area contributed by atoms with Crippen LogP contribution in [0.1, 0.15) is 34.4 Å². The van der Waals surface area contributed by atoms with Gasteiger partial charge in [-0.1, -0.05) is 35.9 Å². The molecule has 170 valence electrons. The maximum absolute atomic E-state index is 6.71. The minimum Gasteiger partial charge on any atom is -0.497 e. The Morgan fingerprint density at radius 1 is 1.00 bits per heavy atom. The van der Waals surface area contributed by atoms with Crippen molar-refractivity contribution in [3.8, 4) is 11.5 Å². The molecule has 3 aromatic carbocycles. The minimum absolute atomic E-state index is 0.182. The first-order chi connectivity index (χ1) is 16.7. The molecule has 0 saturated heterocycles. The monoisotopic (exact) mass is 468 g/mol. The maximum atomic E-state index is 6.71. The lowest BCUT2D eigenvalue weighted by atomic mass is 9.84. The number of thioether (sulfide) groups is 1. The lowest BCUT2D eigenvalue weighted by molar-refractivity contribution is 0.223. The molecule has 7 heteroatoms. The zero-order chi connectivity index (χ0) is 23.2. The van der Waals surface area contributed by atoms with Gasteiger partial charge >= 0.3 is 0 Å². The highest BCUT2D eigenvalue weighted by atomic mass is 32.2. The normalized spacial score (nSPS) is 18.3. The molecule has 6 rings (SSSR count). The van der Waals surface area contributed by atoms with Crippen molar-refractivity contribution in [3.05, 3.63) is 101 Å². The molecule has 0 bridgehead atoms. The van der Waals surface area contributed by atoms with Gasteiger partial charge in [0, 0.05) is 16.0 Å². The molecule has 34 heavy (non-hydrogen) atoms. The van der Waals surface area contributed by atoms with E-state index in [-0.39, 0.29) is 12.1 Å². The molecule has 0 radical (unpaired) electrons. The number of hydrogen-bond donors (Lipinski definition) is 1. The van der Waals surface area contributed by atoms with E-state index in [1.54, 1.807) is 25.2 Å². The van der Waals surface area contributed by atoms with Crippen LogP contribution in [0.2, 0.25) is 0 Å². The van der Waals surface area contributed by atoms with Crippen LogP contribution >= 0.6 is 11.8 Å². The SMILES string of the molecule is COc1ccc([C@@H]2C3=C(Nc4ncnn42)c2cc(C)ccc2O[C@H]3c2ccc(SC)cc2)cc1. The number of anilines is 1. The smallest absolute Gasteiger partial charge is 0.226 e. The largest absolute Gasteiger partial charge is 0.497 e. The fourth-order valence-electron chi connectivity index (χ4n) is 4.74. The van der Waals surface area contributed by atoms with E-state index in [1.807, 2.05) is 16.8 Å². The van der Waals surface area contributed by atoms with Gasteiger partial charge in [0.15, 0.2) is 0 Å². The Bertz CT molecular complexity index is 1390. The van der Waals surface area contributed by atoms with Crippen LogP contribution in [0.25, 0.3) is 5.70 Å². The molecule has 1 N–H and O–H groups in total. The molecule has 3 heterocycles. The number of hydrogen-bond acceptors (Lipinski definition) is 6. The van der Waals surface area contributed by atoms with Gasteiger partial charge < -0.3 is 14.8 Å². The Labute approximate surface area is 202 Å². The summed E-state index contributed by atoms with van der Waals surface area (Å²) in [4.78, 5) is 5.73. The van der Waals surface area contributed by atoms with Crippen molar-refractivity contribution in [1.29, 1.82) is 0 Å². The Kier molecular flexibility index (Phi) is 5.07. The van der Waals surface area contributed by atoms with Gasteiger partial charge in [-0.3, -0.25) is 0 Å². The number of nitrogens with zero attached hydrogens (tertiary/aromatic N) is 3. The first-order valence-corrected chi connectivity index (χ1v) is 12.3. The lowest BCUT2D eigenvalue weighted by Crippen LogP contribution is -2.32. The van der Waals surface area contributed by atoms with Gasteiger partial charge in [0.25, 0.3) is 0 Å². The number of benzene rings is 3. The van der Waals surface area contributed by atoms with Crippen molar-refractivity contribution in [1.82, 2.24) is 14.8 Å². The van der Waals surface area contributed by atoms with E-state index in [4.69, 9.17) is 9.47 Å². The van der Waals surface area contributed by atoms with Crippen molar-refractivity contribution < 1.29 is 9.47 Å². The highest BCUT2D eigenvalue weighted by Crippen LogP contribution is 2.50. The molecule has 2 aliphatic rings. The van der Waals surface area contributed by atoms with E-state index in [0.717, 1.165) is 39.5 Å². The number of aryl methyl sites for hydroxylation is 1. The van der Waals surface area contributed by atoms with Crippen molar-refractivity contribution in [3.63, 3.8) is 0 Å². The first kappa shape index (κ1) is 20.9. The van der Waals surface area contributed by atoms with E-state index in [2.05, 4.69) is 83.2 Å². The predicted molar refractivity (Wildman–Crippen MR) is 134 cm³/mol. The van der Waals surface area contributed by atoms with Gasteiger partial charge in [0.1, 0.15) is 30.0 Å². The van der Waals surface area contributed by atoms with E-state index in [1.165, 1.54) is 10.5 Å². The highest BCUT2D eigenvalue weighted by Gasteiger charge is 2.41. The molecule has 0 saturated carbocycles. The molecule has 0 aliphatic carbocycles. The summed E-state index contributed by atoms with van der Waals surface area (Å²) in [5, 5.41) is 8.16. The minimum atomic E-state index is -0.280. The van der Waals surface area contributed by atoms with Crippen LogP contribution in [0.15, 0.2) is 83.5 Å². The summed E-state index contributed by atoms with van der Waals surface area (Å²) < 4.78 is 14.1. The third-order valence-electron chi connectivity index (χ3n) is 6.42. The van der Waals surface area contributed by atoms with Gasteiger partial charge in [-0.2, -0.15) is 10.1 Å². The Morgan fingerprint density at radius 3 is 2.50 bits per heavy atom. The van der Waals surface area contributed by atoms with Crippen molar-refractivity contribution >= 4 is 23.4 Å². The van der Waals surface area contributed by atoms with Gasteiger partial charge in [0.2, 0.25) is 5.95 Å². The number of fused-ring (bicyclic) bond motifs is 3. The molecule has 2 atom stereocenters. The molecular weight excluding hydrogens is 444 g/mol. The molecule has 0 fully saturated rings. The van der Waals surface area contributed by atoms with Gasteiger partial charge in [-0.25, -0.2) is 4.68 Å². The second kappa shape index (κ2) is 8.25. The molecule has 4 aromatic rings. The molecule has 0 amide bonds. The second-order valence-electron chi connectivity index (χ2n) is 8.43. The molecular formula is C27H24N4O2S. The van der Waals surface area contributed by atoms with Crippen LogP contribution in [0.3, 0.4) is 0 Å². The molecule has 2 aliphatic heterocycles. The average molecular weight is 469 g/mol. The van der Waals surface area contributed by atoms with Crippen LogP contribution in [-0.2, 0) is 0 Å². The van der Waals surface area contributed by atoms with Crippen molar-refractivity contribution in [2.75, 3.05) is 18.7 Å². The maximum Gasteiger partial charge on any atom is 0.226 e. The summed E-state index contributed by atoms with van der Waals surface area (Å²) in [6, 6.07) is 22.9. The third kappa shape index (κ3) is 3.35. The molecule has 0 unspecified atom stereocenters. The summed E-state index contributed by atoms with van der Waals surface area (Å²) in [6.45, 7) is 2.10. The Hall–Kier alpha value is -3.71. The fraction of sp³-hybridized carbons (Fsp3) is 0.185. The van der Waals surface area contributed by atoms with Crippen molar-refractivity contribution in [2.45, 2.75) is 24.0 Å². The number of ether oxygens (including phenoxy) is 2. The molecule has 6 nitrogen and oxygen atoms in total. The predicted octanol–water partition coefficient (Wildman–Crippen LogP) is 5.88. The topological polar surface area (TPSA) is 61.2 Å². The van der Waals surface area contributed by atoms with Crippen molar-refractivity contribution in [2.24, 2.45) is 0 Å². The van der Waals surface area contributed by atoms with Crippen LogP contribution in [0.5, 0.6) is 11.5 Å². The average Bonchev–Trinajstić information content (AvgIpc) is 3.35. The standard InChI is InChI=1S/C27H24N4O2S/c1-16-4-13-22-21(14-16)24-23(26(33-22)18-7-11-20(34-3)12-8-18)25(31-27(30-24)28-15-29-31)17-5-9-19(32-2)10-6-17/h4-15,25-26H,1-3H3,(H,28,29,30)/t25-,26+/m1/s1. The summed E-state index contributed by atoms with van der Waals surface area (Å²) in [7, 11) is 1.68. The van der Waals surface area contributed by atoms with E-state index >= 15 is 0 Å². The van der Waals surface area contributed by atoms with Crippen LogP contribution in [0.4, 0.5) is 5.95 Å². The summed E-state index contributed by atoms with van der Waals surface area (Å²) in [6.07, 6.45) is 3.40. The summed E-state index contributed by atoms with van der Waals surface area (Å²) in [5.74, 6) is 2.39. The molecule has 1 aromatic heterocycles. The zero-order valence-electron chi connectivity index (χ0n) is 19.1. The lowest BCUT2D eigenvalue weighted by Gasteiger charge is -2.39.